The van der Waals surface area contributed by atoms with Crippen molar-refractivity contribution in [3.8, 4) is 11.5 Å². The molecule has 186 valence electrons. The Labute approximate surface area is 201 Å². The van der Waals surface area contributed by atoms with Crippen LogP contribution >= 0.6 is 0 Å². The highest BCUT2D eigenvalue weighted by Gasteiger charge is 2.23. The predicted molar refractivity (Wildman–Crippen MR) is 131 cm³/mol. The maximum atomic E-state index is 12.7. The highest BCUT2D eigenvalue weighted by Crippen LogP contribution is 2.33. The molecule has 1 amide bonds. The minimum atomic E-state index is -0.772. The van der Waals surface area contributed by atoms with Gasteiger partial charge in [0.2, 0.25) is 0 Å². The quantitative estimate of drug-likeness (QED) is 0.458. The lowest BCUT2D eigenvalue weighted by molar-refractivity contribution is -0.141. The molecule has 0 fully saturated rings. The van der Waals surface area contributed by atoms with E-state index in [4.69, 9.17) is 18.9 Å². The number of hydrogen-bond acceptors (Lipinski definition) is 7. The Morgan fingerprint density at radius 3 is 2.38 bits per heavy atom. The molecule has 1 atom stereocenters. The Hall–Kier alpha value is -3.42. The van der Waals surface area contributed by atoms with Gasteiger partial charge in [0.25, 0.3) is 0 Å². The van der Waals surface area contributed by atoms with Crippen molar-refractivity contribution in [3.63, 3.8) is 0 Å². The van der Waals surface area contributed by atoms with Crippen molar-refractivity contribution in [2.45, 2.75) is 65.8 Å². The van der Waals surface area contributed by atoms with Gasteiger partial charge in [0.15, 0.2) is 17.5 Å². The summed E-state index contributed by atoms with van der Waals surface area (Å²) in [5.41, 5.74) is 1.63. The molecule has 2 N–H and O–H groups in total. The van der Waals surface area contributed by atoms with Crippen LogP contribution in [0.5, 0.6) is 11.5 Å². The number of rotatable bonds is 10. The molecule has 0 spiro atoms. The van der Waals surface area contributed by atoms with E-state index in [0.717, 1.165) is 5.56 Å². The van der Waals surface area contributed by atoms with Crippen molar-refractivity contribution < 1.29 is 28.5 Å². The fourth-order valence-electron chi connectivity index (χ4n) is 3.15. The predicted octanol–water partition coefficient (Wildman–Crippen LogP) is 5.22. The standard InChI is InChI=1S/C26H36N2O6/c1-8-32-22-15-19(12-13-21(22)33-17(2)3)23(24(29)31-7)28-20-11-9-10-18(14-20)16-27-25(30)34-26(4,5)6/h9-15,17,23,28H,8,16H2,1-7H3,(H,27,30). The lowest BCUT2D eigenvalue weighted by atomic mass is 10.0. The van der Waals surface area contributed by atoms with E-state index in [0.29, 0.717) is 29.4 Å². The molecule has 0 heterocycles. The summed E-state index contributed by atoms with van der Waals surface area (Å²) in [5, 5.41) is 5.96. The van der Waals surface area contributed by atoms with E-state index in [1.54, 1.807) is 12.1 Å². The third kappa shape index (κ3) is 8.50. The van der Waals surface area contributed by atoms with Gasteiger partial charge in [-0.15, -0.1) is 0 Å². The van der Waals surface area contributed by atoms with E-state index < -0.39 is 23.7 Å². The highest BCUT2D eigenvalue weighted by atomic mass is 16.6. The van der Waals surface area contributed by atoms with E-state index >= 15 is 0 Å². The summed E-state index contributed by atoms with van der Waals surface area (Å²) in [4.78, 5) is 24.6. The van der Waals surface area contributed by atoms with E-state index in [1.807, 2.05) is 71.9 Å². The number of methoxy groups -OCH3 is 1. The van der Waals surface area contributed by atoms with Crippen LogP contribution in [0.2, 0.25) is 0 Å². The molecular formula is C26H36N2O6. The van der Waals surface area contributed by atoms with Gasteiger partial charge in [0.05, 0.1) is 19.8 Å². The molecule has 34 heavy (non-hydrogen) atoms. The van der Waals surface area contributed by atoms with Crippen molar-refractivity contribution >= 4 is 17.7 Å². The van der Waals surface area contributed by atoms with Gasteiger partial charge in [0.1, 0.15) is 5.60 Å². The molecule has 0 radical (unpaired) electrons. The van der Waals surface area contributed by atoms with Crippen LogP contribution in [0, 0.1) is 0 Å². The maximum Gasteiger partial charge on any atom is 0.407 e. The summed E-state index contributed by atoms with van der Waals surface area (Å²) in [6, 6.07) is 12.0. The van der Waals surface area contributed by atoms with Crippen LogP contribution in [0.15, 0.2) is 42.5 Å². The second kappa shape index (κ2) is 12.2. The first-order valence-electron chi connectivity index (χ1n) is 11.4. The number of hydrogen-bond donors (Lipinski definition) is 2. The van der Waals surface area contributed by atoms with Gasteiger partial charge in [-0.2, -0.15) is 0 Å². The molecule has 0 aliphatic heterocycles. The minimum absolute atomic E-state index is 0.0170. The highest BCUT2D eigenvalue weighted by molar-refractivity contribution is 5.81. The number of ether oxygens (including phenoxy) is 4. The number of esters is 1. The summed E-state index contributed by atoms with van der Waals surface area (Å²) in [6.07, 6.45) is -0.512. The molecule has 8 heteroatoms. The van der Waals surface area contributed by atoms with Crippen molar-refractivity contribution in [3.05, 3.63) is 53.6 Å². The fraction of sp³-hybridized carbons (Fsp3) is 0.462. The topological polar surface area (TPSA) is 95.1 Å². The first-order chi connectivity index (χ1) is 16.0. The summed E-state index contributed by atoms with van der Waals surface area (Å²) in [7, 11) is 1.35. The van der Waals surface area contributed by atoms with Crippen LogP contribution in [0.3, 0.4) is 0 Å². The van der Waals surface area contributed by atoms with Gasteiger partial charge >= 0.3 is 12.1 Å². The molecule has 2 aromatic rings. The lowest BCUT2D eigenvalue weighted by Crippen LogP contribution is -2.32. The van der Waals surface area contributed by atoms with E-state index in [1.165, 1.54) is 7.11 Å². The van der Waals surface area contributed by atoms with Gasteiger partial charge in [-0.25, -0.2) is 9.59 Å². The smallest absolute Gasteiger partial charge is 0.407 e. The van der Waals surface area contributed by atoms with Gasteiger partial charge in [-0.1, -0.05) is 18.2 Å². The average molecular weight is 473 g/mol. The fourth-order valence-corrected chi connectivity index (χ4v) is 3.15. The molecule has 0 aliphatic carbocycles. The Bertz CT molecular complexity index is 968. The molecule has 2 aromatic carbocycles. The second-order valence-electron chi connectivity index (χ2n) is 8.96. The Morgan fingerprint density at radius 2 is 1.76 bits per heavy atom. The van der Waals surface area contributed by atoms with Crippen molar-refractivity contribution in [1.82, 2.24) is 5.32 Å². The number of amides is 1. The van der Waals surface area contributed by atoms with Crippen LogP contribution < -0.4 is 20.1 Å². The Balaban J connectivity index is 2.23. The zero-order chi connectivity index (χ0) is 25.3. The van der Waals surface area contributed by atoms with Gasteiger partial charge < -0.3 is 29.6 Å². The largest absolute Gasteiger partial charge is 0.490 e. The number of carbonyl (C=O) groups is 2. The molecule has 0 saturated heterocycles. The third-order valence-corrected chi connectivity index (χ3v) is 4.47. The minimum Gasteiger partial charge on any atom is -0.490 e. The molecule has 0 aliphatic rings. The van der Waals surface area contributed by atoms with Crippen molar-refractivity contribution in [1.29, 1.82) is 0 Å². The number of carbonyl (C=O) groups excluding carboxylic acids is 2. The van der Waals surface area contributed by atoms with Gasteiger partial charge in [0, 0.05) is 12.2 Å². The van der Waals surface area contributed by atoms with Crippen LogP contribution in [0.25, 0.3) is 0 Å². The van der Waals surface area contributed by atoms with Gasteiger partial charge in [-0.3, -0.25) is 0 Å². The zero-order valence-corrected chi connectivity index (χ0v) is 21.1. The van der Waals surface area contributed by atoms with Crippen LogP contribution in [0.4, 0.5) is 10.5 Å². The number of alkyl carbamates (subject to hydrolysis) is 1. The molecule has 0 bridgehead atoms. The van der Waals surface area contributed by atoms with Crippen molar-refractivity contribution in [2.75, 3.05) is 19.0 Å². The monoisotopic (exact) mass is 472 g/mol. The SMILES string of the molecule is CCOc1cc(C(Nc2cccc(CNC(=O)OC(C)(C)C)c2)C(=O)OC)ccc1OC(C)C. The summed E-state index contributed by atoms with van der Waals surface area (Å²) in [5.74, 6) is 0.719. The Kier molecular flexibility index (Phi) is 9.59. The van der Waals surface area contributed by atoms with E-state index in [2.05, 4.69) is 10.6 Å². The number of anilines is 1. The summed E-state index contributed by atoms with van der Waals surface area (Å²) >= 11 is 0. The average Bonchev–Trinajstić information content (AvgIpc) is 2.76. The first kappa shape index (κ1) is 26.8. The first-order valence-corrected chi connectivity index (χ1v) is 11.4. The molecule has 2 rings (SSSR count). The lowest BCUT2D eigenvalue weighted by Gasteiger charge is -2.21. The second-order valence-corrected chi connectivity index (χ2v) is 8.96. The van der Waals surface area contributed by atoms with Crippen LogP contribution in [0.1, 0.15) is 58.7 Å². The molecular weight excluding hydrogens is 436 g/mol. The van der Waals surface area contributed by atoms with Crippen LogP contribution in [-0.2, 0) is 20.8 Å². The van der Waals surface area contributed by atoms with Gasteiger partial charge in [-0.05, 0) is 76.9 Å². The van der Waals surface area contributed by atoms with Crippen molar-refractivity contribution in [2.24, 2.45) is 0 Å². The molecule has 0 aromatic heterocycles. The zero-order valence-electron chi connectivity index (χ0n) is 21.1. The summed E-state index contributed by atoms with van der Waals surface area (Å²) in [6.45, 7) is 11.9. The number of benzene rings is 2. The summed E-state index contributed by atoms with van der Waals surface area (Å²) < 4.78 is 21.9. The maximum absolute atomic E-state index is 12.7. The molecule has 1 unspecified atom stereocenters. The number of nitrogens with one attached hydrogen (secondary N) is 2. The normalized spacial score (nSPS) is 12.0. The molecule has 8 nitrogen and oxygen atoms in total. The third-order valence-electron chi connectivity index (χ3n) is 4.47. The van der Waals surface area contributed by atoms with E-state index in [-0.39, 0.29) is 12.6 Å². The van der Waals surface area contributed by atoms with E-state index in [9.17, 15) is 9.59 Å². The molecule has 0 saturated carbocycles. The Morgan fingerprint density at radius 1 is 1.03 bits per heavy atom. The van der Waals surface area contributed by atoms with Crippen LogP contribution in [-0.4, -0.2) is 37.5 Å².